The predicted molar refractivity (Wildman–Crippen MR) is 61.7 cm³/mol. The Hall–Kier alpha value is 1.56. The summed E-state index contributed by atoms with van der Waals surface area (Å²) in [5.41, 5.74) is 2.36. The van der Waals surface area contributed by atoms with Crippen LogP contribution in [0.15, 0.2) is 5.10 Å². The second-order valence-electron chi connectivity index (χ2n) is 2.46. The average Bonchev–Trinajstić information content (AvgIpc) is 1.88. The molecular weight excluding hydrogens is 309 g/mol. The fourth-order valence-corrected chi connectivity index (χ4v) is 2.97. The van der Waals surface area contributed by atoms with E-state index in [4.69, 9.17) is 65.9 Å². The molecule has 1 aliphatic heterocycles. The van der Waals surface area contributed by atoms with E-state index in [9.17, 15) is 0 Å². The highest BCUT2D eigenvalue weighted by Crippen LogP contribution is 3.12. The van der Waals surface area contributed by atoms with Gasteiger partial charge in [0, 0.05) is 5.15 Å². The van der Waals surface area contributed by atoms with Crippen molar-refractivity contribution in [2.24, 2.45) is 5.10 Å². The minimum Gasteiger partial charge on any atom is -0.276 e. The lowest BCUT2D eigenvalue weighted by Crippen LogP contribution is -2.40. The van der Waals surface area contributed by atoms with Crippen molar-refractivity contribution in [3.63, 3.8) is 0 Å². The highest BCUT2D eigenvalue weighted by atomic mass is 36.4. The Morgan fingerprint density at radius 3 is 1.83 bits per heavy atom. The van der Waals surface area contributed by atoms with E-state index < -0.39 is 9.48 Å². The minimum atomic E-state index is -4.72. The Bertz CT molecular complexity index is 274. The van der Waals surface area contributed by atoms with E-state index in [1.54, 1.807) is 0 Å². The van der Waals surface area contributed by atoms with Crippen LogP contribution in [0, 0.1) is 0 Å². The van der Waals surface area contributed by atoms with Crippen molar-refractivity contribution in [1.29, 1.82) is 0 Å². The van der Waals surface area contributed by atoms with E-state index in [1.807, 2.05) is 0 Å². The number of alkyl halides is 1. The lowest BCUT2D eigenvalue weighted by atomic mass is 10.8. The maximum atomic E-state index is 5.88. The maximum absolute atomic E-state index is 5.88. The number of hydrogen-bond donors (Lipinski definition) is 1. The SMILES string of the molecule is CC1(Cl)NN=C(Cl)S1(Cl)(Cl)(Cl)Cl. The van der Waals surface area contributed by atoms with Crippen LogP contribution in [-0.2, 0) is 0 Å². The topological polar surface area (TPSA) is 24.4 Å². The number of hydrazone groups is 1. The molecule has 0 aliphatic carbocycles. The molecule has 1 N–H and O–H groups in total. The number of hydrogen-bond acceptors (Lipinski definition) is 2. The highest BCUT2D eigenvalue weighted by molar-refractivity contribution is 9.22. The number of nitrogens with zero attached hydrogens (tertiary/aromatic N) is 1. The Morgan fingerprint density at radius 1 is 1.33 bits per heavy atom. The van der Waals surface area contributed by atoms with Gasteiger partial charge >= 0.3 is 0 Å². The van der Waals surface area contributed by atoms with E-state index in [1.165, 1.54) is 6.92 Å². The number of rotatable bonds is 0. The van der Waals surface area contributed by atoms with Crippen molar-refractivity contribution in [3.05, 3.63) is 0 Å². The molecule has 74 valence electrons. The van der Waals surface area contributed by atoms with Gasteiger partial charge in [-0.3, -0.25) is 5.43 Å². The van der Waals surface area contributed by atoms with Crippen LogP contribution in [0.1, 0.15) is 6.92 Å². The zero-order valence-electron chi connectivity index (χ0n) is 5.62. The highest BCUT2D eigenvalue weighted by Gasteiger charge is 2.75. The van der Waals surface area contributed by atoms with E-state index >= 15 is 0 Å². The molecule has 1 heterocycles. The van der Waals surface area contributed by atoms with Crippen molar-refractivity contribution < 1.29 is 0 Å². The third-order valence-corrected chi connectivity index (χ3v) is 13.7. The average molecular weight is 313 g/mol. The summed E-state index contributed by atoms with van der Waals surface area (Å²) in [5, 5.41) is -1.21. The molecule has 12 heavy (non-hydrogen) atoms. The van der Waals surface area contributed by atoms with Gasteiger partial charge in [-0.2, -0.15) is 5.10 Å². The molecule has 2 nitrogen and oxygen atoms in total. The molecule has 0 spiro atoms. The normalized spacial score (nSPS) is 47.4. The summed E-state index contributed by atoms with van der Waals surface area (Å²) < 4.78 is -1.82. The lowest BCUT2D eigenvalue weighted by Gasteiger charge is -2.58. The van der Waals surface area contributed by atoms with Gasteiger partial charge in [-0.1, -0.05) is 23.2 Å². The fraction of sp³-hybridized carbons (Fsp3) is 0.667. The van der Waals surface area contributed by atoms with Crippen LogP contribution in [0.4, 0.5) is 0 Å². The first-order valence-electron chi connectivity index (χ1n) is 2.60. The van der Waals surface area contributed by atoms with Crippen LogP contribution in [0.25, 0.3) is 0 Å². The monoisotopic (exact) mass is 310 g/mol. The molecule has 1 atom stereocenters. The van der Waals surface area contributed by atoms with Crippen molar-refractivity contribution in [2.45, 2.75) is 11.3 Å². The van der Waals surface area contributed by atoms with Gasteiger partial charge < -0.3 is 0 Å². The second kappa shape index (κ2) is 2.21. The quantitative estimate of drug-likeness (QED) is 0.517. The van der Waals surface area contributed by atoms with E-state index in [-0.39, 0.29) is 4.50 Å². The van der Waals surface area contributed by atoms with Gasteiger partial charge in [-0.05, 0) is 49.7 Å². The molecule has 0 bridgehead atoms. The van der Waals surface area contributed by atoms with Gasteiger partial charge in [0.05, 0.1) is 0 Å². The zero-order valence-corrected chi connectivity index (χ0v) is 11.0. The van der Waals surface area contributed by atoms with E-state index in [0.29, 0.717) is 0 Å². The predicted octanol–water partition coefficient (Wildman–Crippen LogP) is 4.50. The molecule has 0 aromatic heterocycles. The Morgan fingerprint density at radius 2 is 1.75 bits per heavy atom. The van der Waals surface area contributed by atoms with Crippen LogP contribution in [0.3, 0.4) is 0 Å². The van der Waals surface area contributed by atoms with Crippen molar-refractivity contribution >= 4 is 75.6 Å². The van der Waals surface area contributed by atoms with Crippen LogP contribution in [0.2, 0.25) is 0 Å². The molecule has 1 aliphatic rings. The number of halogens is 6. The van der Waals surface area contributed by atoms with Gasteiger partial charge in [-0.25, -0.2) is 0 Å². The Labute approximate surface area is 96.7 Å². The first kappa shape index (κ1) is 11.6. The third kappa shape index (κ3) is 1.22. The fourth-order valence-electron chi connectivity index (χ4n) is 0.486. The summed E-state index contributed by atoms with van der Waals surface area (Å²) >= 11 is 11.4. The van der Waals surface area contributed by atoms with E-state index in [0.717, 1.165) is 0 Å². The molecule has 0 aromatic rings. The van der Waals surface area contributed by atoms with Crippen LogP contribution >= 0.6 is 71.1 Å². The first-order valence-corrected chi connectivity index (χ1v) is 9.11. The minimum absolute atomic E-state index is 0.320. The maximum Gasteiger partial charge on any atom is 0.201 e. The standard InChI is InChI=1S/C3H4Cl6N2S/c1-3(5)11-10-2(4)12(3,6,7,8)9/h11H,1H3. The second-order valence-corrected chi connectivity index (χ2v) is 19.5. The molecule has 1 unspecified atom stereocenters. The summed E-state index contributed by atoms with van der Waals surface area (Å²) in [4.78, 5) is 0. The van der Waals surface area contributed by atoms with Crippen LogP contribution < -0.4 is 5.43 Å². The Balaban J connectivity index is 3.48. The van der Waals surface area contributed by atoms with Crippen LogP contribution in [-0.4, -0.2) is 8.83 Å². The summed E-state index contributed by atoms with van der Waals surface area (Å²) in [7, 11) is 23.5. The third-order valence-electron chi connectivity index (χ3n) is 1.45. The molecule has 9 heteroatoms. The van der Waals surface area contributed by atoms with Gasteiger partial charge in [0.15, 0.2) is 4.33 Å². The molecule has 0 fully saturated rings. The van der Waals surface area contributed by atoms with Crippen molar-refractivity contribution in [3.8, 4) is 0 Å². The van der Waals surface area contributed by atoms with Crippen molar-refractivity contribution in [1.82, 2.24) is 5.43 Å². The van der Waals surface area contributed by atoms with E-state index in [2.05, 4.69) is 10.5 Å². The smallest absolute Gasteiger partial charge is 0.201 e. The van der Waals surface area contributed by atoms with Gasteiger partial charge in [0.1, 0.15) is 0 Å². The van der Waals surface area contributed by atoms with Gasteiger partial charge in [0.25, 0.3) is 0 Å². The molecular formula is C3H4Cl6N2S. The summed E-state index contributed by atoms with van der Waals surface area (Å²) in [6, 6.07) is 0. The molecule has 1 rings (SSSR count). The van der Waals surface area contributed by atoms with Gasteiger partial charge in [-0.15, -0.1) is 0 Å². The summed E-state index contributed by atoms with van der Waals surface area (Å²) in [6.07, 6.45) is 0. The zero-order chi connectivity index (χ0) is 9.90. The molecule has 0 saturated heterocycles. The summed E-state index contributed by atoms with van der Waals surface area (Å²) in [5.74, 6) is 0. The number of nitrogens with one attached hydrogen (secondary N) is 1. The summed E-state index contributed by atoms with van der Waals surface area (Å²) in [6.45, 7) is 1.40. The van der Waals surface area contributed by atoms with Gasteiger partial charge in [0.2, 0.25) is 4.50 Å². The van der Waals surface area contributed by atoms with Crippen molar-refractivity contribution in [2.75, 3.05) is 0 Å². The molecule has 0 amide bonds. The van der Waals surface area contributed by atoms with Crippen LogP contribution in [0.5, 0.6) is 0 Å². The molecule has 0 saturated carbocycles. The molecule has 0 radical (unpaired) electrons. The first-order chi connectivity index (χ1) is 4.91. The lowest BCUT2D eigenvalue weighted by molar-refractivity contribution is 0.693. The largest absolute Gasteiger partial charge is 0.276 e. The molecule has 0 aromatic carbocycles. The Kier molecular flexibility index (Phi) is 2.14.